The summed E-state index contributed by atoms with van der Waals surface area (Å²) in [6, 6.07) is 6.66. The summed E-state index contributed by atoms with van der Waals surface area (Å²) in [5.41, 5.74) is -0.489. The van der Waals surface area contributed by atoms with E-state index in [2.05, 4.69) is 15.5 Å². The SMILES string of the molecule is C[C@@H](Sc1nnc(-c2ccco2)o1)C(=O)Nc1c(F)cccc1F. The van der Waals surface area contributed by atoms with Crippen molar-refractivity contribution in [2.75, 3.05) is 5.32 Å². The lowest BCUT2D eigenvalue weighted by atomic mass is 10.3. The lowest BCUT2D eigenvalue weighted by Crippen LogP contribution is -2.23. The first-order valence-electron chi connectivity index (χ1n) is 6.83. The van der Waals surface area contributed by atoms with Crippen molar-refractivity contribution in [3.05, 3.63) is 48.2 Å². The van der Waals surface area contributed by atoms with Crippen molar-refractivity contribution in [1.29, 1.82) is 0 Å². The van der Waals surface area contributed by atoms with Crippen molar-refractivity contribution < 1.29 is 22.4 Å². The molecule has 1 aromatic carbocycles. The molecule has 24 heavy (non-hydrogen) atoms. The van der Waals surface area contributed by atoms with E-state index in [1.54, 1.807) is 19.1 Å². The molecule has 2 aromatic heterocycles. The molecule has 1 amide bonds. The Labute approximate surface area is 139 Å². The van der Waals surface area contributed by atoms with Gasteiger partial charge in [0.15, 0.2) is 5.76 Å². The highest BCUT2D eigenvalue weighted by Gasteiger charge is 2.21. The minimum atomic E-state index is -0.849. The van der Waals surface area contributed by atoms with Gasteiger partial charge in [-0.2, -0.15) is 0 Å². The molecular weight excluding hydrogens is 340 g/mol. The molecule has 0 bridgehead atoms. The molecule has 0 unspecified atom stereocenters. The van der Waals surface area contributed by atoms with Gasteiger partial charge >= 0.3 is 0 Å². The number of halogens is 2. The molecule has 2 heterocycles. The number of para-hydroxylation sites is 1. The Kier molecular flexibility index (Phi) is 4.61. The molecule has 3 aromatic rings. The molecule has 0 radical (unpaired) electrons. The van der Waals surface area contributed by atoms with Gasteiger partial charge in [0.2, 0.25) is 5.91 Å². The Morgan fingerprint density at radius 3 is 2.62 bits per heavy atom. The van der Waals surface area contributed by atoms with E-state index in [1.165, 1.54) is 12.3 Å². The van der Waals surface area contributed by atoms with Crippen LogP contribution < -0.4 is 5.32 Å². The maximum atomic E-state index is 13.5. The molecule has 0 aliphatic carbocycles. The Balaban J connectivity index is 1.66. The van der Waals surface area contributed by atoms with Gasteiger partial charge in [0.05, 0.1) is 11.5 Å². The van der Waals surface area contributed by atoms with Gasteiger partial charge in [0, 0.05) is 0 Å². The third-order valence-corrected chi connectivity index (χ3v) is 3.93. The van der Waals surface area contributed by atoms with Gasteiger partial charge in [0.1, 0.15) is 17.3 Å². The molecular formula is C15H11F2N3O3S. The summed E-state index contributed by atoms with van der Waals surface area (Å²) in [4.78, 5) is 12.1. The number of hydrogen-bond donors (Lipinski definition) is 1. The number of anilines is 1. The van der Waals surface area contributed by atoms with Gasteiger partial charge in [-0.3, -0.25) is 4.79 Å². The van der Waals surface area contributed by atoms with E-state index in [1.807, 2.05) is 0 Å². The molecule has 1 N–H and O–H groups in total. The molecule has 0 spiro atoms. The van der Waals surface area contributed by atoms with Crippen LogP contribution in [0.2, 0.25) is 0 Å². The van der Waals surface area contributed by atoms with Crippen molar-refractivity contribution >= 4 is 23.4 Å². The van der Waals surface area contributed by atoms with Crippen LogP contribution >= 0.6 is 11.8 Å². The summed E-state index contributed by atoms with van der Waals surface area (Å²) >= 11 is 0.962. The third-order valence-electron chi connectivity index (χ3n) is 3.00. The van der Waals surface area contributed by atoms with E-state index in [0.717, 1.165) is 23.9 Å². The van der Waals surface area contributed by atoms with Gasteiger partial charge in [-0.1, -0.05) is 17.8 Å². The Bertz CT molecular complexity index is 831. The van der Waals surface area contributed by atoms with E-state index >= 15 is 0 Å². The number of furan rings is 1. The first kappa shape index (κ1) is 16.2. The normalized spacial score (nSPS) is 12.1. The van der Waals surface area contributed by atoms with E-state index in [4.69, 9.17) is 8.83 Å². The fourth-order valence-corrected chi connectivity index (χ4v) is 2.49. The van der Waals surface area contributed by atoms with Crippen LogP contribution in [-0.2, 0) is 4.79 Å². The maximum absolute atomic E-state index is 13.5. The monoisotopic (exact) mass is 351 g/mol. The fraction of sp³-hybridized carbons (Fsp3) is 0.133. The molecule has 9 heteroatoms. The lowest BCUT2D eigenvalue weighted by Gasteiger charge is -2.11. The lowest BCUT2D eigenvalue weighted by molar-refractivity contribution is -0.115. The summed E-state index contributed by atoms with van der Waals surface area (Å²) in [7, 11) is 0. The highest BCUT2D eigenvalue weighted by Crippen LogP contribution is 2.27. The number of nitrogens with one attached hydrogen (secondary N) is 1. The fourth-order valence-electron chi connectivity index (χ4n) is 1.80. The number of amides is 1. The number of carbonyl (C=O) groups excluding carboxylic acids is 1. The zero-order valence-electron chi connectivity index (χ0n) is 12.3. The second-order valence-corrected chi connectivity index (χ2v) is 5.99. The standard InChI is InChI=1S/C15H11F2N3O3S/c1-8(13(21)18-12-9(16)4-2-5-10(12)17)24-15-20-19-14(23-15)11-6-3-7-22-11/h2-8H,1H3,(H,18,21)/t8-/m1/s1. The zero-order valence-corrected chi connectivity index (χ0v) is 13.1. The highest BCUT2D eigenvalue weighted by atomic mass is 32.2. The van der Waals surface area contributed by atoms with Crippen molar-refractivity contribution in [2.24, 2.45) is 0 Å². The van der Waals surface area contributed by atoms with Gasteiger partial charge in [0.25, 0.3) is 11.1 Å². The maximum Gasteiger partial charge on any atom is 0.284 e. The van der Waals surface area contributed by atoms with Crippen LogP contribution in [0.15, 0.2) is 50.7 Å². The number of benzene rings is 1. The molecule has 0 aliphatic rings. The summed E-state index contributed by atoms with van der Waals surface area (Å²) < 4.78 is 37.6. The summed E-state index contributed by atoms with van der Waals surface area (Å²) in [6.45, 7) is 1.55. The van der Waals surface area contributed by atoms with Crippen LogP contribution in [0.1, 0.15) is 6.92 Å². The van der Waals surface area contributed by atoms with Crippen molar-refractivity contribution in [3.63, 3.8) is 0 Å². The van der Waals surface area contributed by atoms with Gasteiger partial charge < -0.3 is 14.2 Å². The number of hydrogen-bond acceptors (Lipinski definition) is 6. The molecule has 124 valence electrons. The van der Waals surface area contributed by atoms with Gasteiger partial charge in [-0.25, -0.2) is 8.78 Å². The van der Waals surface area contributed by atoms with E-state index < -0.39 is 28.5 Å². The number of aromatic nitrogens is 2. The summed E-state index contributed by atoms with van der Waals surface area (Å²) in [6.07, 6.45) is 1.46. The second kappa shape index (κ2) is 6.83. The van der Waals surface area contributed by atoms with Crippen LogP contribution in [0.3, 0.4) is 0 Å². The smallest absolute Gasteiger partial charge is 0.284 e. The minimum absolute atomic E-state index is 0.137. The molecule has 0 aliphatic heterocycles. The second-order valence-electron chi connectivity index (χ2n) is 4.70. The Morgan fingerprint density at radius 1 is 1.21 bits per heavy atom. The van der Waals surface area contributed by atoms with Crippen molar-refractivity contribution in [3.8, 4) is 11.7 Å². The number of nitrogens with zero attached hydrogens (tertiary/aromatic N) is 2. The van der Waals surface area contributed by atoms with Crippen LogP contribution in [0.4, 0.5) is 14.5 Å². The predicted octanol–water partition coefficient (Wildman–Crippen LogP) is 3.73. The minimum Gasteiger partial charge on any atom is -0.459 e. The Morgan fingerprint density at radius 2 is 1.96 bits per heavy atom. The molecule has 0 fully saturated rings. The Hall–Kier alpha value is -2.68. The quantitative estimate of drug-likeness (QED) is 0.706. The first-order chi connectivity index (χ1) is 11.5. The van der Waals surface area contributed by atoms with Gasteiger partial charge in [-0.05, 0) is 31.2 Å². The highest BCUT2D eigenvalue weighted by molar-refractivity contribution is 8.00. The topological polar surface area (TPSA) is 81.2 Å². The molecule has 3 rings (SSSR count). The molecule has 0 saturated heterocycles. The van der Waals surface area contributed by atoms with Crippen LogP contribution in [0.5, 0.6) is 0 Å². The zero-order chi connectivity index (χ0) is 17.1. The van der Waals surface area contributed by atoms with Crippen LogP contribution in [-0.4, -0.2) is 21.4 Å². The van der Waals surface area contributed by atoms with Crippen LogP contribution in [0, 0.1) is 11.6 Å². The van der Waals surface area contributed by atoms with E-state index in [-0.39, 0.29) is 11.1 Å². The molecule has 0 saturated carbocycles. The average molecular weight is 351 g/mol. The number of rotatable bonds is 5. The largest absolute Gasteiger partial charge is 0.459 e. The third kappa shape index (κ3) is 3.46. The summed E-state index contributed by atoms with van der Waals surface area (Å²) in [5, 5.41) is 9.23. The van der Waals surface area contributed by atoms with Gasteiger partial charge in [-0.15, -0.1) is 10.2 Å². The molecule has 1 atom stereocenters. The molecule has 6 nitrogen and oxygen atoms in total. The van der Waals surface area contributed by atoms with Crippen molar-refractivity contribution in [1.82, 2.24) is 10.2 Å². The predicted molar refractivity (Wildman–Crippen MR) is 82.3 cm³/mol. The number of thioether (sulfide) groups is 1. The van der Waals surface area contributed by atoms with Crippen molar-refractivity contribution in [2.45, 2.75) is 17.4 Å². The summed E-state index contributed by atoms with van der Waals surface area (Å²) in [5.74, 6) is -1.71. The first-order valence-corrected chi connectivity index (χ1v) is 7.71. The van der Waals surface area contributed by atoms with Crippen LogP contribution in [0.25, 0.3) is 11.7 Å². The van der Waals surface area contributed by atoms with E-state index in [0.29, 0.717) is 5.76 Å². The van der Waals surface area contributed by atoms with E-state index in [9.17, 15) is 13.6 Å². The number of carbonyl (C=O) groups is 1. The average Bonchev–Trinajstić information content (AvgIpc) is 3.21.